The first kappa shape index (κ1) is 9.47. The lowest BCUT2D eigenvalue weighted by Gasteiger charge is -2.34. The number of nitrogens with zero attached hydrogens (tertiary/aromatic N) is 1. The van der Waals surface area contributed by atoms with Gasteiger partial charge in [-0.05, 0) is 31.1 Å². The molecule has 2 atom stereocenters. The van der Waals surface area contributed by atoms with E-state index in [9.17, 15) is 0 Å². The van der Waals surface area contributed by atoms with E-state index >= 15 is 0 Å². The Morgan fingerprint density at radius 3 is 3.00 bits per heavy atom. The highest BCUT2D eigenvalue weighted by molar-refractivity contribution is 4.80. The molecule has 2 heterocycles. The zero-order valence-corrected chi connectivity index (χ0v) is 8.83. The second-order valence-corrected chi connectivity index (χ2v) is 4.88. The standard InChI is InChI=1S/C11H21NO/c1-9(2)7-10-3-4-12-5-6-13-11(12)8-10/h9-11H,3-8H2,1-2H3. The molecular weight excluding hydrogens is 162 g/mol. The molecule has 2 nitrogen and oxygen atoms in total. The second-order valence-electron chi connectivity index (χ2n) is 4.88. The van der Waals surface area contributed by atoms with Crippen LogP contribution >= 0.6 is 0 Å². The second kappa shape index (κ2) is 3.97. The third-order valence-corrected chi connectivity index (χ3v) is 3.26. The van der Waals surface area contributed by atoms with Crippen molar-refractivity contribution in [1.29, 1.82) is 0 Å². The van der Waals surface area contributed by atoms with Gasteiger partial charge < -0.3 is 4.74 Å². The maximum Gasteiger partial charge on any atom is 0.111 e. The molecule has 0 aliphatic carbocycles. The van der Waals surface area contributed by atoms with E-state index in [-0.39, 0.29) is 0 Å². The van der Waals surface area contributed by atoms with Crippen LogP contribution < -0.4 is 0 Å². The zero-order chi connectivity index (χ0) is 9.26. The van der Waals surface area contributed by atoms with Crippen LogP contribution in [0.3, 0.4) is 0 Å². The van der Waals surface area contributed by atoms with Crippen LogP contribution in [0, 0.1) is 11.8 Å². The number of piperidine rings is 1. The average Bonchev–Trinajstić information content (AvgIpc) is 2.49. The number of hydrogen-bond donors (Lipinski definition) is 0. The summed E-state index contributed by atoms with van der Waals surface area (Å²) in [5.41, 5.74) is 0. The Morgan fingerprint density at radius 2 is 2.23 bits per heavy atom. The Labute approximate surface area is 81.3 Å². The Morgan fingerprint density at radius 1 is 1.38 bits per heavy atom. The van der Waals surface area contributed by atoms with E-state index in [2.05, 4.69) is 18.7 Å². The molecule has 2 rings (SSSR count). The third kappa shape index (κ3) is 2.23. The van der Waals surface area contributed by atoms with E-state index in [1.165, 1.54) is 32.4 Å². The first-order chi connectivity index (χ1) is 6.25. The summed E-state index contributed by atoms with van der Waals surface area (Å²) in [5, 5.41) is 0. The van der Waals surface area contributed by atoms with Crippen molar-refractivity contribution >= 4 is 0 Å². The molecule has 2 saturated heterocycles. The molecule has 0 aromatic carbocycles. The lowest BCUT2D eigenvalue weighted by molar-refractivity contribution is -0.0145. The van der Waals surface area contributed by atoms with Gasteiger partial charge in [0.2, 0.25) is 0 Å². The van der Waals surface area contributed by atoms with Crippen LogP contribution in [-0.4, -0.2) is 30.8 Å². The summed E-state index contributed by atoms with van der Waals surface area (Å²) in [5.74, 6) is 1.76. The Balaban J connectivity index is 1.83. The van der Waals surface area contributed by atoms with Crippen LogP contribution in [0.15, 0.2) is 0 Å². The van der Waals surface area contributed by atoms with Gasteiger partial charge in [0.1, 0.15) is 6.23 Å². The Kier molecular flexibility index (Phi) is 2.89. The van der Waals surface area contributed by atoms with Gasteiger partial charge in [-0.3, -0.25) is 4.90 Å². The monoisotopic (exact) mass is 183 g/mol. The van der Waals surface area contributed by atoms with Crippen molar-refractivity contribution < 1.29 is 4.74 Å². The van der Waals surface area contributed by atoms with Crippen LogP contribution in [-0.2, 0) is 4.74 Å². The van der Waals surface area contributed by atoms with Crippen molar-refractivity contribution in [1.82, 2.24) is 4.90 Å². The van der Waals surface area contributed by atoms with Gasteiger partial charge in [-0.2, -0.15) is 0 Å². The van der Waals surface area contributed by atoms with Gasteiger partial charge in [0, 0.05) is 13.1 Å². The van der Waals surface area contributed by atoms with Crippen LogP contribution in [0.1, 0.15) is 33.1 Å². The van der Waals surface area contributed by atoms with Crippen LogP contribution in [0.2, 0.25) is 0 Å². The summed E-state index contributed by atoms with van der Waals surface area (Å²) < 4.78 is 5.69. The van der Waals surface area contributed by atoms with Gasteiger partial charge in [0.15, 0.2) is 0 Å². The van der Waals surface area contributed by atoms with E-state index in [0.29, 0.717) is 6.23 Å². The van der Waals surface area contributed by atoms with Crippen molar-refractivity contribution in [3.05, 3.63) is 0 Å². The predicted molar refractivity (Wildman–Crippen MR) is 53.5 cm³/mol. The number of rotatable bonds is 2. The lowest BCUT2D eigenvalue weighted by Crippen LogP contribution is -2.38. The minimum absolute atomic E-state index is 0.470. The molecule has 2 unspecified atom stereocenters. The van der Waals surface area contributed by atoms with E-state index < -0.39 is 0 Å². The van der Waals surface area contributed by atoms with Crippen molar-refractivity contribution in [2.75, 3.05) is 19.7 Å². The molecule has 0 N–H and O–H groups in total. The van der Waals surface area contributed by atoms with Gasteiger partial charge >= 0.3 is 0 Å². The minimum Gasteiger partial charge on any atom is -0.362 e. The largest absolute Gasteiger partial charge is 0.362 e. The highest BCUT2D eigenvalue weighted by atomic mass is 16.5. The van der Waals surface area contributed by atoms with Crippen LogP contribution in [0.25, 0.3) is 0 Å². The average molecular weight is 183 g/mol. The molecule has 0 saturated carbocycles. The van der Waals surface area contributed by atoms with Crippen LogP contribution in [0.4, 0.5) is 0 Å². The van der Waals surface area contributed by atoms with E-state index in [4.69, 9.17) is 4.74 Å². The maximum absolute atomic E-state index is 5.69. The third-order valence-electron chi connectivity index (χ3n) is 3.26. The molecule has 13 heavy (non-hydrogen) atoms. The Hall–Kier alpha value is -0.0800. The zero-order valence-electron chi connectivity index (χ0n) is 8.83. The van der Waals surface area contributed by atoms with Gasteiger partial charge in [-0.25, -0.2) is 0 Å². The molecule has 2 aliphatic rings. The molecule has 2 fully saturated rings. The predicted octanol–water partition coefficient (Wildman–Crippen LogP) is 2.10. The summed E-state index contributed by atoms with van der Waals surface area (Å²) >= 11 is 0. The first-order valence-electron chi connectivity index (χ1n) is 5.61. The van der Waals surface area contributed by atoms with Crippen molar-refractivity contribution in [3.8, 4) is 0 Å². The highest BCUT2D eigenvalue weighted by Gasteiger charge is 2.32. The van der Waals surface area contributed by atoms with Crippen molar-refractivity contribution in [2.45, 2.75) is 39.3 Å². The quantitative estimate of drug-likeness (QED) is 0.650. The van der Waals surface area contributed by atoms with Crippen LogP contribution in [0.5, 0.6) is 0 Å². The number of hydrogen-bond acceptors (Lipinski definition) is 2. The van der Waals surface area contributed by atoms with E-state index in [1.54, 1.807) is 0 Å². The van der Waals surface area contributed by atoms with Crippen molar-refractivity contribution in [3.63, 3.8) is 0 Å². The molecular formula is C11H21NO. The fraction of sp³-hybridized carbons (Fsp3) is 1.00. The summed E-state index contributed by atoms with van der Waals surface area (Å²) in [4.78, 5) is 2.50. The summed E-state index contributed by atoms with van der Waals surface area (Å²) in [7, 11) is 0. The van der Waals surface area contributed by atoms with E-state index in [0.717, 1.165) is 18.4 Å². The van der Waals surface area contributed by atoms with Gasteiger partial charge in [0.05, 0.1) is 6.61 Å². The molecule has 0 aromatic heterocycles. The maximum atomic E-state index is 5.69. The number of fused-ring (bicyclic) bond motifs is 1. The topological polar surface area (TPSA) is 12.5 Å². The molecule has 0 spiro atoms. The first-order valence-corrected chi connectivity index (χ1v) is 5.61. The molecule has 2 heteroatoms. The summed E-state index contributed by atoms with van der Waals surface area (Å²) in [6.45, 7) is 8.03. The SMILES string of the molecule is CC(C)CC1CCN2CCOC2C1. The molecule has 0 radical (unpaired) electrons. The summed E-state index contributed by atoms with van der Waals surface area (Å²) in [6, 6.07) is 0. The fourth-order valence-corrected chi connectivity index (χ4v) is 2.66. The van der Waals surface area contributed by atoms with Gasteiger partial charge in [0.25, 0.3) is 0 Å². The molecule has 2 aliphatic heterocycles. The van der Waals surface area contributed by atoms with E-state index in [1.807, 2.05) is 0 Å². The highest BCUT2D eigenvalue weighted by Crippen LogP contribution is 2.30. The summed E-state index contributed by atoms with van der Waals surface area (Å²) in [6.07, 6.45) is 4.52. The lowest BCUT2D eigenvalue weighted by atomic mass is 9.88. The minimum atomic E-state index is 0.470. The molecule has 0 amide bonds. The molecule has 0 aromatic rings. The van der Waals surface area contributed by atoms with Crippen molar-refractivity contribution in [2.24, 2.45) is 11.8 Å². The molecule has 0 bridgehead atoms. The fourth-order valence-electron chi connectivity index (χ4n) is 2.66. The normalized spacial score (nSPS) is 35.3. The number of ether oxygens (including phenoxy) is 1. The molecule has 76 valence electrons. The smallest absolute Gasteiger partial charge is 0.111 e. The van der Waals surface area contributed by atoms with Gasteiger partial charge in [-0.1, -0.05) is 13.8 Å². The van der Waals surface area contributed by atoms with Gasteiger partial charge in [-0.15, -0.1) is 0 Å². The Bertz CT molecular complexity index is 169.